The van der Waals surface area contributed by atoms with Gasteiger partial charge in [0.15, 0.2) is 10.9 Å². The van der Waals surface area contributed by atoms with E-state index >= 15 is 0 Å². The monoisotopic (exact) mass is 250 g/mol. The third-order valence-corrected chi connectivity index (χ3v) is 3.64. The van der Waals surface area contributed by atoms with Gasteiger partial charge >= 0.3 is 0 Å². The highest BCUT2D eigenvalue weighted by atomic mass is 32.2. The molecule has 17 heavy (non-hydrogen) atoms. The van der Waals surface area contributed by atoms with E-state index in [1.54, 1.807) is 11.8 Å². The molecule has 0 aromatic heterocycles. The number of amides is 1. The van der Waals surface area contributed by atoms with Crippen LogP contribution in [0.3, 0.4) is 0 Å². The van der Waals surface area contributed by atoms with Crippen molar-refractivity contribution in [2.45, 2.75) is 19.6 Å². The Morgan fingerprint density at radius 3 is 2.71 bits per heavy atom. The first kappa shape index (κ1) is 12.1. The predicted octanol–water partition coefficient (Wildman–Crippen LogP) is 1.85. The third-order valence-electron chi connectivity index (χ3n) is 2.42. The molecule has 1 heterocycles. The number of nitrogens with zero attached hydrogens (tertiary/aromatic N) is 2. The van der Waals surface area contributed by atoms with Crippen LogP contribution in [0.1, 0.15) is 13.8 Å². The number of anilines is 1. The average molecular weight is 250 g/mol. The topological polar surface area (TPSA) is 52.9 Å². The fraction of sp³-hybridized carbons (Fsp3) is 0.333. The lowest BCUT2D eigenvalue weighted by atomic mass is 10.2. The Balaban J connectivity index is 2.42. The number of carbonyl (C=O) groups is 1. The molecule has 0 bridgehead atoms. The van der Waals surface area contributed by atoms with Crippen molar-refractivity contribution in [3.8, 4) is 0 Å². The number of carbonyl (C=O) groups excluding carboxylic acids is 1. The lowest BCUT2D eigenvalue weighted by molar-refractivity contribution is -0.115. The summed E-state index contributed by atoms with van der Waals surface area (Å²) in [5.41, 5.74) is -0.178. The minimum absolute atomic E-state index is 0.258. The van der Waals surface area contributed by atoms with Crippen molar-refractivity contribution in [1.29, 1.82) is 0 Å². The first-order valence-corrected chi connectivity index (χ1v) is 6.29. The fourth-order valence-corrected chi connectivity index (χ4v) is 2.87. The number of hydrogen-bond acceptors (Lipinski definition) is 3. The van der Waals surface area contributed by atoms with E-state index in [1.165, 1.54) is 18.7 Å². The van der Waals surface area contributed by atoms with E-state index in [4.69, 9.17) is 0 Å². The molecule has 1 saturated heterocycles. The maximum atomic E-state index is 11.1. The largest absolute Gasteiger partial charge is 0.370 e. The van der Waals surface area contributed by atoms with Gasteiger partial charge in [-0.1, -0.05) is 30.0 Å². The van der Waals surface area contributed by atoms with Crippen molar-refractivity contribution in [2.24, 2.45) is 4.99 Å². The van der Waals surface area contributed by atoms with Crippen molar-refractivity contribution in [1.82, 2.24) is 0 Å². The van der Waals surface area contributed by atoms with Gasteiger partial charge in [0, 0.05) is 18.4 Å². The van der Waals surface area contributed by atoms with Crippen LogP contribution in [-0.4, -0.2) is 27.7 Å². The minimum Gasteiger partial charge on any atom is -0.370 e. The first-order chi connectivity index (χ1) is 8.00. The van der Waals surface area contributed by atoms with E-state index in [2.05, 4.69) is 4.99 Å². The number of rotatable bonds is 1. The molecule has 1 amide bonds. The summed E-state index contributed by atoms with van der Waals surface area (Å²) in [5.74, 6) is 0.236. The third kappa shape index (κ3) is 2.50. The lowest BCUT2D eigenvalue weighted by Gasteiger charge is -2.30. The molecule has 4 nitrogen and oxygen atoms in total. The molecule has 0 spiro atoms. The molecule has 0 saturated carbocycles. The van der Waals surface area contributed by atoms with Crippen LogP contribution < -0.4 is 4.90 Å². The molecule has 1 aromatic rings. The Bertz CT molecular complexity index is 457. The standard InChI is InChI=1S/C12H14N2O2S/c1-9(15)13-11-14(12(2,16)8-17-11)10-6-4-3-5-7-10/h3-7,16H,8H2,1-2H3. The van der Waals surface area contributed by atoms with Gasteiger partial charge in [-0.15, -0.1) is 0 Å². The molecule has 1 N–H and O–H groups in total. The normalized spacial score (nSPS) is 26.5. The molecule has 1 aromatic carbocycles. The molecule has 1 aliphatic heterocycles. The first-order valence-electron chi connectivity index (χ1n) is 5.30. The summed E-state index contributed by atoms with van der Waals surface area (Å²) in [6, 6.07) is 9.45. The zero-order chi connectivity index (χ0) is 12.5. The SMILES string of the molecule is CC(=O)N=C1SCC(C)(O)N1c1ccccc1. The lowest BCUT2D eigenvalue weighted by Crippen LogP contribution is -2.45. The van der Waals surface area contributed by atoms with Crippen LogP contribution >= 0.6 is 11.8 Å². The van der Waals surface area contributed by atoms with E-state index in [0.29, 0.717) is 10.9 Å². The number of para-hydroxylation sites is 1. The van der Waals surface area contributed by atoms with Crippen LogP contribution in [0.5, 0.6) is 0 Å². The van der Waals surface area contributed by atoms with Gasteiger partial charge in [0.25, 0.3) is 0 Å². The summed E-state index contributed by atoms with van der Waals surface area (Å²) in [4.78, 5) is 16.7. The highest BCUT2D eigenvalue weighted by Crippen LogP contribution is 2.35. The zero-order valence-electron chi connectivity index (χ0n) is 9.75. The molecule has 0 aliphatic carbocycles. The summed E-state index contributed by atoms with van der Waals surface area (Å²) in [7, 11) is 0. The van der Waals surface area contributed by atoms with E-state index in [1.807, 2.05) is 30.3 Å². The molecular formula is C12H14N2O2S. The molecule has 90 valence electrons. The molecule has 1 aliphatic rings. The van der Waals surface area contributed by atoms with Crippen molar-refractivity contribution < 1.29 is 9.90 Å². The minimum atomic E-state index is -1.01. The van der Waals surface area contributed by atoms with Gasteiger partial charge in [0.1, 0.15) is 0 Å². The molecule has 1 fully saturated rings. The fourth-order valence-electron chi connectivity index (χ4n) is 1.72. The van der Waals surface area contributed by atoms with Crippen LogP contribution in [0.25, 0.3) is 0 Å². The van der Waals surface area contributed by atoms with E-state index in [-0.39, 0.29) is 5.91 Å². The Morgan fingerprint density at radius 2 is 2.12 bits per heavy atom. The summed E-state index contributed by atoms with van der Waals surface area (Å²) < 4.78 is 0. The van der Waals surface area contributed by atoms with Crippen molar-refractivity contribution in [3.63, 3.8) is 0 Å². The average Bonchev–Trinajstić information content (AvgIpc) is 2.54. The Hall–Kier alpha value is -1.33. The molecule has 5 heteroatoms. The Labute approximate surface area is 104 Å². The molecule has 1 unspecified atom stereocenters. The van der Waals surface area contributed by atoms with Gasteiger partial charge < -0.3 is 5.11 Å². The van der Waals surface area contributed by atoms with Crippen LogP contribution in [0.15, 0.2) is 35.3 Å². The number of hydrogen-bond donors (Lipinski definition) is 1. The maximum Gasteiger partial charge on any atom is 0.244 e. The summed E-state index contributed by atoms with van der Waals surface area (Å²) in [6.45, 7) is 3.12. The smallest absolute Gasteiger partial charge is 0.244 e. The van der Waals surface area contributed by atoms with Crippen LogP contribution in [0.4, 0.5) is 5.69 Å². The quantitative estimate of drug-likeness (QED) is 0.826. The summed E-state index contributed by atoms with van der Waals surface area (Å²) >= 11 is 1.39. The number of aliphatic hydroxyl groups is 1. The molecule has 1 atom stereocenters. The number of aliphatic imine (C=N–C) groups is 1. The van der Waals surface area contributed by atoms with Crippen molar-refractivity contribution in [2.75, 3.05) is 10.7 Å². The number of benzene rings is 1. The second-order valence-electron chi connectivity index (χ2n) is 4.09. The van der Waals surface area contributed by atoms with Crippen LogP contribution in [0, 0.1) is 0 Å². The van der Waals surface area contributed by atoms with Crippen LogP contribution in [-0.2, 0) is 4.79 Å². The van der Waals surface area contributed by atoms with Gasteiger partial charge in [0.05, 0.1) is 0 Å². The summed E-state index contributed by atoms with van der Waals surface area (Å²) in [6.07, 6.45) is 0. The molecule has 2 rings (SSSR count). The highest BCUT2D eigenvalue weighted by Gasteiger charge is 2.40. The predicted molar refractivity (Wildman–Crippen MR) is 70.1 cm³/mol. The second-order valence-corrected chi connectivity index (χ2v) is 5.03. The van der Waals surface area contributed by atoms with Gasteiger partial charge in [-0.3, -0.25) is 9.69 Å². The maximum absolute atomic E-state index is 11.1. The van der Waals surface area contributed by atoms with Gasteiger partial charge in [-0.25, -0.2) is 0 Å². The van der Waals surface area contributed by atoms with Crippen molar-refractivity contribution in [3.05, 3.63) is 30.3 Å². The number of amidine groups is 1. The number of thioether (sulfide) groups is 1. The Kier molecular flexibility index (Phi) is 3.22. The van der Waals surface area contributed by atoms with Gasteiger partial charge in [0.2, 0.25) is 5.91 Å². The highest BCUT2D eigenvalue weighted by molar-refractivity contribution is 8.14. The van der Waals surface area contributed by atoms with Crippen molar-refractivity contribution >= 4 is 28.5 Å². The van der Waals surface area contributed by atoms with E-state index < -0.39 is 5.72 Å². The van der Waals surface area contributed by atoms with Gasteiger partial charge in [-0.2, -0.15) is 4.99 Å². The van der Waals surface area contributed by atoms with Crippen LogP contribution in [0.2, 0.25) is 0 Å². The Morgan fingerprint density at radius 1 is 1.47 bits per heavy atom. The van der Waals surface area contributed by atoms with E-state index in [9.17, 15) is 9.90 Å². The second kappa shape index (κ2) is 4.50. The summed E-state index contributed by atoms with van der Waals surface area (Å²) in [5, 5.41) is 10.9. The van der Waals surface area contributed by atoms with Gasteiger partial charge in [-0.05, 0) is 19.1 Å². The molecule has 0 radical (unpaired) electrons. The zero-order valence-corrected chi connectivity index (χ0v) is 10.6. The molecular weight excluding hydrogens is 236 g/mol. The van der Waals surface area contributed by atoms with E-state index in [0.717, 1.165) is 5.69 Å².